The van der Waals surface area contributed by atoms with Gasteiger partial charge in [-0.05, 0) is 58.1 Å². The monoisotopic (exact) mass is 425 g/mol. The predicted octanol–water partition coefficient (Wildman–Crippen LogP) is 4.29. The molecule has 4 rings (SSSR count). The van der Waals surface area contributed by atoms with E-state index in [2.05, 4.69) is 15.9 Å². The second-order valence-electron chi connectivity index (χ2n) is 5.82. The van der Waals surface area contributed by atoms with Gasteiger partial charge >= 0.3 is 0 Å². The molecule has 0 aliphatic carbocycles. The zero-order chi connectivity index (χ0) is 16.8. The van der Waals surface area contributed by atoms with Gasteiger partial charge in [-0.3, -0.25) is 9.59 Å². The molecule has 0 amide bonds. The smallest absolute Gasteiger partial charge is 0.236 e. The Hall–Kier alpha value is -1.05. The largest absolute Gasteiger partial charge is 0.303 e. The summed E-state index contributed by atoms with van der Waals surface area (Å²) in [7, 11) is 0. The first-order chi connectivity index (χ1) is 11.6. The lowest BCUT2D eigenvalue weighted by atomic mass is 9.92. The molecule has 0 N–H and O–H groups in total. The molecule has 1 aromatic carbocycles. The molecule has 0 aromatic heterocycles. The normalized spacial score (nSPS) is 21.2. The minimum absolute atomic E-state index is 0.00530. The van der Waals surface area contributed by atoms with Gasteiger partial charge < -0.3 is 4.90 Å². The Kier molecular flexibility index (Phi) is 4.34. The average molecular weight is 426 g/mol. The van der Waals surface area contributed by atoms with Crippen LogP contribution in [0.25, 0.3) is 0 Å². The first-order valence-corrected chi connectivity index (χ1v) is 10.5. The number of anilines is 1. The van der Waals surface area contributed by atoms with Gasteiger partial charge in [0, 0.05) is 17.2 Å². The third kappa shape index (κ3) is 2.66. The van der Waals surface area contributed by atoms with Crippen LogP contribution >= 0.6 is 39.5 Å². The molecule has 124 valence electrons. The molecule has 0 fully saturated rings. The topological polar surface area (TPSA) is 37.4 Å². The Morgan fingerprint density at radius 3 is 2.75 bits per heavy atom. The summed E-state index contributed by atoms with van der Waals surface area (Å²) >= 11 is 6.11. The van der Waals surface area contributed by atoms with Crippen LogP contribution in [0.1, 0.15) is 12.8 Å². The fraction of sp³-hybridized carbons (Fsp3) is 0.294. The second kappa shape index (κ2) is 6.35. The molecule has 3 aliphatic rings. The number of hydrogen-bond donors (Lipinski definition) is 0. The van der Waals surface area contributed by atoms with Gasteiger partial charge in [-0.1, -0.05) is 11.8 Å². The highest BCUT2D eigenvalue weighted by molar-refractivity contribution is 9.10. The summed E-state index contributed by atoms with van der Waals surface area (Å²) in [5, 5.41) is -0.00530. The maximum absolute atomic E-state index is 13.7. The summed E-state index contributed by atoms with van der Waals surface area (Å²) in [6.45, 7) is 0. The number of halogens is 2. The van der Waals surface area contributed by atoms with Crippen LogP contribution in [-0.2, 0) is 9.59 Å². The minimum atomic E-state index is -0.367. The lowest BCUT2D eigenvalue weighted by Gasteiger charge is -2.39. The van der Waals surface area contributed by atoms with Crippen LogP contribution in [-0.4, -0.2) is 28.2 Å². The van der Waals surface area contributed by atoms with E-state index < -0.39 is 0 Å². The molecule has 3 heterocycles. The summed E-state index contributed by atoms with van der Waals surface area (Å²) in [6.07, 6.45) is 1.55. The van der Waals surface area contributed by atoms with E-state index in [-0.39, 0.29) is 16.7 Å². The predicted molar refractivity (Wildman–Crippen MR) is 99.7 cm³/mol. The molecular formula is C17H13BrFNO2S2. The van der Waals surface area contributed by atoms with Crippen molar-refractivity contribution < 1.29 is 14.0 Å². The minimum Gasteiger partial charge on any atom is -0.303 e. The van der Waals surface area contributed by atoms with E-state index in [4.69, 9.17) is 0 Å². The van der Waals surface area contributed by atoms with Crippen LogP contribution in [0.5, 0.6) is 0 Å². The molecule has 7 heteroatoms. The number of carbonyl (C=O) groups excluding carboxylic acids is 2. The molecule has 0 spiro atoms. The zero-order valence-corrected chi connectivity index (χ0v) is 15.8. The molecule has 24 heavy (non-hydrogen) atoms. The van der Waals surface area contributed by atoms with Crippen LogP contribution in [0, 0.1) is 5.82 Å². The quantitative estimate of drug-likeness (QED) is 0.670. The Balaban J connectivity index is 1.92. The number of allylic oxidation sites excluding steroid dienone is 2. The molecule has 0 bridgehead atoms. The van der Waals surface area contributed by atoms with Gasteiger partial charge in [0.15, 0.2) is 5.78 Å². The summed E-state index contributed by atoms with van der Waals surface area (Å²) < 4.78 is 14.0. The van der Waals surface area contributed by atoms with Gasteiger partial charge in [0.1, 0.15) is 11.5 Å². The molecular weight excluding hydrogens is 413 g/mol. The average Bonchev–Trinajstić information content (AvgIpc) is 2.56. The number of benzene rings is 1. The number of thioether (sulfide) groups is 2. The van der Waals surface area contributed by atoms with Crippen LogP contribution < -0.4 is 4.90 Å². The van der Waals surface area contributed by atoms with Crippen LogP contribution in [0.15, 0.2) is 45.2 Å². The molecule has 0 unspecified atom stereocenters. The summed E-state index contributed by atoms with van der Waals surface area (Å²) in [4.78, 5) is 27.0. The van der Waals surface area contributed by atoms with Gasteiger partial charge in [0.05, 0.1) is 15.9 Å². The SMILES string of the molecule is O=C1CSCC2=C1N(c1ccc(F)c(Br)c1)C1=C(CCSC1=O)C2. The van der Waals surface area contributed by atoms with E-state index in [1.807, 2.05) is 0 Å². The second-order valence-corrected chi connectivity index (χ2v) is 8.72. The highest BCUT2D eigenvalue weighted by Gasteiger charge is 2.38. The third-order valence-electron chi connectivity index (χ3n) is 4.31. The summed E-state index contributed by atoms with van der Waals surface area (Å²) in [5.74, 6) is 1.67. The maximum atomic E-state index is 13.7. The Bertz CT molecular complexity index is 792. The van der Waals surface area contributed by atoms with Gasteiger partial charge in [-0.15, -0.1) is 11.8 Å². The van der Waals surface area contributed by atoms with Gasteiger partial charge in [-0.25, -0.2) is 4.39 Å². The Morgan fingerprint density at radius 2 is 1.96 bits per heavy atom. The fourth-order valence-electron chi connectivity index (χ4n) is 3.29. The number of carbonyl (C=O) groups is 2. The van der Waals surface area contributed by atoms with Crippen molar-refractivity contribution in [2.45, 2.75) is 12.8 Å². The van der Waals surface area contributed by atoms with Crippen molar-refractivity contribution >= 4 is 56.0 Å². The standard InChI is InChI=1S/C17H13BrFNO2S2/c18-12-6-11(1-2-13(12)19)20-15-10(7-23-8-14(15)21)5-9-3-4-24-17(22)16(9)20/h1-2,6H,3-5,7-8H2. The molecule has 0 radical (unpaired) electrons. The third-order valence-corrected chi connectivity index (χ3v) is 6.80. The van der Waals surface area contributed by atoms with E-state index in [1.165, 1.54) is 17.8 Å². The Labute approximate surface area is 155 Å². The first-order valence-electron chi connectivity index (χ1n) is 7.53. The highest BCUT2D eigenvalue weighted by atomic mass is 79.9. The molecule has 0 atom stereocenters. The number of Topliss-reactive ketones (excluding diaryl/α,β-unsaturated/α-hetero) is 1. The number of hydrogen-bond acceptors (Lipinski definition) is 5. The van der Waals surface area contributed by atoms with E-state index in [0.717, 1.165) is 29.1 Å². The van der Waals surface area contributed by atoms with Crippen LogP contribution in [0.3, 0.4) is 0 Å². The van der Waals surface area contributed by atoms with E-state index in [1.54, 1.807) is 28.8 Å². The summed E-state index contributed by atoms with van der Waals surface area (Å²) in [5.41, 5.74) is 4.04. The molecule has 1 aromatic rings. The van der Waals surface area contributed by atoms with Crippen molar-refractivity contribution in [2.24, 2.45) is 0 Å². The number of ketones is 1. The fourth-order valence-corrected chi connectivity index (χ4v) is 5.47. The number of nitrogens with zero attached hydrogens (tertiary/aromatic N) is 1. The van der Waals surface area contributed by atoms with E-state index in [0.29, 0.717) is 33.7 Å². The van der Waals surface area contributed by atoms with Gasteiger partial charge in [0.2, 0.25) is 5.12 Å². The van der Waals surface area contributed by atoms with Crippen molar-refractivity contribution in [1.29, 1.82) is 0 Å². The van der Waals surface area contributed by atoms with Gasteiger partial charge in [-0.2, -0.15) is 0 Å². The molecule has 3 aliphatic heterocycles. The van der Waals surface area contributed by atoms with Crippen LogP contribution in [0.4, 0.5) is 10.1 Å². The lowest BCUT2D eigenvalue weighted by molar-refractivity contribution is -0.113. The van der Waals surface area contributed by atoms with E-state index in [9.17, 15) is 14.0 Å². The molecule has 3 nitrogen and oxygen atoms in total. The molecule has 0 saturated heterocycles. The summed E-state index contributed by atoms with van der Waals surface area (Å²) in [6, 6.07) is 4.62. The van der Waals surface area contributed by atoms with Crippen molar-refractivity contribution in [2.75, 3.05) is 22.2 Å². The number of rotatable bonds is 1. The van der Waals surface area contributed by atoms with Crippen molar-refractivity contribution in [1.82, 2.24) is 0 Å². The zero-order valence-electron chi connectivity index (χ0n) is 12.6. The highest BCUT2D eigenvalue weighted by Crippen LogP contribution is 2.44. The van der Waals surface area contributed by atoms with E-state index >= 15 is 0 Å². The maximum Gasteiger partial charge on any atom is 0.236 e. The first kappa shape index (κ1) is 16.4. The van der Waals surface area contributed by atoms with Crippen molar-refractivity contribution in [3.05, 3.63) is 51.0 Å². The van der Waals surface area contributed by atoms with Crippen molar-refractivity contribution in [3.63, 3.8) is 0 Å². The lowest BCUT2D eigenvalue weighted by Crippen LogP contribution is -2.39. The Morgan fingerprint density at radius 1 is 1.12 bits per heavy atom. The van der Waals surface area contributed by atoms with Crippen molar-refractivity contribution in [3.8, 4) is 0 Å². The molecule has 0 saturated carbocycles. The van der Waals surface area contributed by atoms with Gasteiger partial charge in [0.25, 0.3) is 0 Å². The van der Waals surface area contributed by atoms with Crippen LogP contribution in [0.2, 0.25) is 0 Å².